The normalized spacial score (nSPS) is 14.0. The average molecular weight is 383 g/mol. The molecule has 150 valence electrons. The smallest absolute Gasteiger partial charge is 0.193 e. The fourth-order valence-corrected chi connectivity index (χ4v) is 2.79. The highest BCUT2D eigenvalue weighted by molar-refractivity contribution is 5.79. The van der Waals surface area contributed by atoms with Gasteiger partial charge in [0.25, 0.3) is 0 Å². The lowest BCUT2D eigenvalue weighted by Crippen LogP contribution is -2.40. The molecule has 6 heteroatoms. The Kier molecular flexibility index (Phi) is 7.67. The van der Waals surface area contributed by atoms with Crippen molar-refractivity contribution in [3.05, 3.63) is 59.9 Å². The molecule has 3 rings (SSSR count). The Bertz CT molecular complexity index is 747. The van der Waals surface area contributed by atoms with Crippen molar-refractivity contribution in [2.45, 2.75) is 26.0 Å². The van der Waals surface area contributed by atoms with Crippen LogP contribution < -0.4 is 10.1 Å². The summed E-state index contributed by atoms with van der Waals surface area (Å²) in [4.78, 5) is 10.7. The Morgan fingerprint density at radius 1 is 1.25 bits per heavy atom. The summed E-state index contributed by atoms with van der Waals surface area (Å²) in [6.45, 7) is 3.58. The first kappa shape index (κ1) is 20.1. The summed E-state index contributed by atoms with van der Waals surface area (Å²) in [7, 11) is 3.83. The molecule has 1 N–H and O–H groups in total. The molecule has 1 fully saturated rings. The van der Waals surface area contributed by atoms with Crippen molar-refractivity contribution >= 4 is 5.96 Å². The molecule has 0 amide bonds. The van der Waals surface area contributed by atoms with Crippen LogP contribution in [0.3, 0.4) is 0 Å². The SMILES string of the molecule is CN=C(NCc1cccc(OCc2ccccn2)c1)N(C)CCOCC1CC1. The van der Waals surface area contributed by atoms with Crippen LogP contribution in [-0.2, 0) is 17.9 Å². The highest BCUT2D eigenvalue weighted by Gasteiger charge is 2.21. The van der Waals surface area contributed by atoms with Gasteiger partial charge in [-0.15, -0.1) is 0 Å². The van der Waals surface area contributed by atoms with Gasteiger partial charge in [0.2, 0.25) is 0 Å². The number of nitrogens with zero attached hydrogens (tertiary/aromatic N) is 3. The molecule has 28 heavy (non-hydrogen) atoms. The van der Waals surface area contributed by atoms with E-state index in [1.807, 2.05) is 43.4 Å². The lowest BCUT2D eigenvalue weighted by molar-refractivity contribution is 0.115. The van der Waals surface area contributed by atoms with E-state index in [2.05, 4.69) is 26.3 Å². The number of pyridine rings is 1. The Balaban J connectivity index is 1.43. The Labute approximate surface area is 167 Å². The molecule has 1 aliphatic carbocycles. The number of rotatable bonds is 10. The summed E-state index contributed by atoms with van der Waals surface area (Å²) in [6.07, 6.45) is 4.42. The van der Waals surface area contributed by atoms with Gasteiger partial charge in [-0.25, -0.2) is 0 Å². The van der Waals surface area contributed by atoms with E-state index in [4.69, 9.17) is 9.47 Å². The topological polar surface area (TPSA) is 59.0 Å². The fourth-order valence-electron chi connectivity index (χ4n) is 2.79. The first-order chi connectivity index (χ1) is 13.7. The second-order valence-electron chi connectivity index (χ2n) is 7.10. The Morgan fingerprint density at radius 3 is 2.89 bits per heavy atom. The summed E-state index contributed by atoms with van der Waals surface area (Å²) < 4.78 is 11.6. The largest absolute Gasteiger partial charge is 0.487 e. The van der Waals surface area contributed by atoms with E-state index in [0.29, 0.717) is 13.2 Å². The number of aliphatic imine (C=N–C) groups is 1. The quantitative estimate of drug-likeness (QED) is 0.389. The van der Waals surface area contributed by atoms with E-state index in [0.717, 1.165) is 48.6 Å². The molecule has 0 spiro atoms. The molecular formula is C22H30N4O2. The zero-order valence-corrected chi connectivity index (χ0v) is 16.8. The monoisotopic (exact) mass is 382 g/mol. The number of ether oxygens (including phenoxy) is 2. The number of guanidine groups is 1. The highest BCUT2D eigenvalue weighted by Crippen LogP contribution is 2.28. The molecule has 0 bridgehead atoms. The van der Waals surface area contributed by atoms with Crippen molar-refractivity contribution in [2.24, 2.45) is 10.9 Å². The van der Waals surface area contributed by atoms with Crippen molar-refractivity contribution in [2.75, 3.05) is 33.9 Å². The second kappa shape index (κ2) is 10.7. The van der Waals surface area contributed by atoms with E-state index in [9.17, 15) is 0 Å². The van der Waals surface area contributed by atoms with Crippen LogP contribution >= 0.6 is 0 Å². The number of nitrogens with one attached hydrogen (secondary N) is 1. The van der Waals surface area contributed by atoms with Crippen molar-refractivity contribution in [1.82, 2.24) is 15.2 Å². The lowest BCUT2D eigenvalue weighted by atomic mass is 10.2. The molecule has 1 aliphatic rings. The Hall–Kier alpha value is -2.60. The molecule has 0 saturated heterocycles. The van der Waals surface area contributed by atoms with Crippen LogP contribution in [-0.4, -0.2) is 49.7 Å². The lowest BCUT2D eigenvalue weighted by Gasteiger charge is -2.22. The predicted molar refractivity (Wildman–Crippen MR) is 111 cm³/mol. The maximum atomic E-state index is 5.86. The number of aromatic nitrogens is 1. The van der Waals surface area contributed by atoms with E-state index >= 15 is 0 Å². The van der Waals surface area contributed by atoms with Crippen LogP contribution in [0.15, 0.2) is 53.7 Å². The Morgan fingerprint density at radius 2 is 2.14 bits per heavy atom. The molecule has 1 saturated carbocycles. The summed E-state index contributed by atoms with van der Waals surface area (Å²) in [5, 5.41) is 3.40. The third kappa shape index (κ3) is 6.85. The molecule has 0 radical (unpaired) electrons. The second-order valence-corrected chi connectivity index (χ2v) is 7.10. The van der Waals surface area contributed by atoms with E-state index in [1.165, 1.54) is 12.8 Å². The molecule has 0 aliphatic heterocycles. The maximum Gasteiger partial charge on any atom is 0.193 e. The average Bonchev–Trinajstić information content (AvgIpc) is 3.56. The maximum absolute atomic E-state index is 5.86. The molecule has 1 aromatic carbocycles. The number of hydrogen-bond donors (Lipinski definition) is 1. The molecular weight excluding hydrogens is 352 g/mol. The van der Waals surface area contributed by atoms with Crippen LogP contribution in [0.5, 0.6) is 5.75 Å². The summed E-state index contributed by atoms with van der Waals surface area (Å²) in [5.41, 5.74) is 2.05. The molecule has 0 atom stereocenters. The summed E-state index contributed by atoms with van der Waals surface area (Å²) >= 11 is 0. The molecule has 0 unspecified atom stereocenters. The number of likely N-dealkylation sites (N-methyl/N-ethyl adjacent to an activating group) is 1. The minimum absolute atomic E-state index is 0.461. The minimum Gasteiger partial charge on any atom is -0.487 e. The van der Waals surface area contributed by atoms with E-state index in [-0.39, 0.29) is 0 Å². The van der Waals surface area contributed by atoms with E-state index in [1.54, 1.807) is 13.2 Å². The van der Waals surface area contributed by atoms with Gasteiger partial charge in [-0.3, -0.25) is 9.98 Å². The van der Waals surface area contributed by atoms with Crippen molar-refractivity contribution in [3.63, 3.8) is 0 Å². The van der Waals surface area contributed by atoms with Gasteiger partial charge in [0.05, 0.1) is 12.3 Å². The standard InChI is InChI=1S/C22H30N4O2/c1-23-22(26(2)12-13-27-16-18-9-10-18)25-15-19-6-5-8-21(14-19)28-17-20-7-3-4-11-24-20/h3-8,11,14,18H,9-10,12-13,15-17H2,1-2H3,(H,23,25). The first-order valence-electron chi connectivity index (χ1n) is 9.86. The van der Waals surface area contributed by atoms with Gasteiger partial charge in [-0.2, -0.15) is 0 Å². The fraction of sp³-hybridized carbons (Fsp3) is 0.455. The number of benzene rings is 1. The van der Waals surface area contributed by atoms with Gasteiger partial charge in [0.1, 0.15) is 12.4 Å². The van der Waals surface area contributed by atoms with Gasteiger partial charge in [-0.1, -0.05) is 18.2 Å². The molecule has 1 aromatic heterocycles. The molecule has 1 heterocycles. The van der Waals surface area contributed by atoms with Crippen LogP contribution in [0.4, 0.5) is 0 Å². The van der Waals surface area contributed by atoms with Crippen LogP contribution in [0.25, 0.3) is 0 Å². The molecule has 2 aromatic rings. The van der Waals surface area contributed by atoms with Crippen LogP contribution in [0.2, 0.25) is 0 Å². The number of hydrogen-bond acceptors (Lipinski definition) is 4. The van der Waals surface area contributed by atoms with E-state index < -0.39 is 0 Å². The van der Waals surface area contributed by atoms with Crippen LogP contribution in [0, 0.1) is 5.92 Å². The van der Waals surface area contributed by atoms with Gasteiger partial charge < -0.3 is 19.7 Å². The minimum atomic E-state index is 0.461. The van der Waals surface area contributed by atoms with Gasteiger partial charge in [0.15, 0.2) is 5.96 Å². The van der Waals surface area contributed by atoms with Crippen molar-refractivity contribution in [1.29, 1.82) is 0 Å². The third-order valence-corrected chi connectivity index (χ3v) is 4.66. The summed E-state index contributed by atoms with van der Waals surface area (Å²) in [5.74, 6) is 2.49. The highest BCUT2D eigenvalue weighted by atomic mass is 16.5. The van der Waals surface area contributed by atoms with Crippen LogP contribution in [0.1, 0.15) is 24.1 Å². The predicted octanol–water partition coefficient (Wildman–Crippen LogP) is 3.09. The third-order valence-electron chi connectivity index (χ3n) is 4.66. The van der Waals surface area contributed by atoms with Crippen molar-refractivity contribution < 1.29 is 9.47 Å². The van der Waals surface area contributed by atoms with Gasteiger partial charge in [0, 0.05) is 40.0 Å². The first-order valence-corrected chi connectivity index (χ1v) is 9.86. The zero-order chi connectivity index (χ0) is 19.6. The van der Waals surface area contributed by atoms with Gasteiger partial charge in [-0.05, 0) is 48.6 Å². The zero-order valence-electron chi connectivity index (χ0n) is 16.8. The summed E-state index contributed by atoms with van der Waals surface area (Å²) in [6, 6.07) is 13.9. The van der Waals surface area contributed by atoms with Crippen molar-refractivity contribution in [3.8, 4) is 5.75 Å². The van der Waals surface area contributed by atoms with Gasteiger partial charge >= 0.3 is 0 Å². The molecule has 6 nitrogen and oxygen atoms in total.